The van der Waals surface area contributed by atoms with Gasteiger partial charge < -0.3 is 19.4 Å². The van der Waals surface area contributed by atoms with E-state index in [1.807, 2.05) is 55.3 Å². The Bertz CT molecular complexity index is 1380. The number of carbonyl (C=O) groups is 1. The van der Waals surface area contributed by atoms with Crippen LogP contribution in [0, 0.1) is 6.92 Å². The van der Waals surface area contributed by atoms with Crippen LogP contribution in [0.1, 0.15) is 34.3 Å². The van der Waals surface area contributed by atoms with Crippen molar-refractivity contribution in [2.24, 2.45) is 0 Å². The SMILES string of the molecule is C=CN(/C=C\C)c1cc(C)nc2c(OCc3c(Cl)cncc3CNC(=O)c3ccco3)cccc12. The first kappa shape index (κ1) is 24.0. The number of aryl methyl sites for hydroxylation is 1. The number of aromatic nitrogens is 2. The number of ether oxygens (including phenoxy) is 1. The van der Waals surface area contributed by atoms with E-state index < -0.39 is 0 Å². The number of pyridine rings is 2. The molecule has 0 aliphatic rings. The molecule has 1 aromatic carbocycles. The molecule has 3 heterocycles. The van der Waals surface area contributed by atoms with E-state index >= 15 is 0 Å². The van der Waals surface area contributed by atoms with Gasteiger partial charge in [0.05, 0.1) is 17.0 Å². The van der Waals surface area contributed by atoms with Gasteiger partial charge in [0, 0.05) is 48.0 Å². The van der Waals surface area contributed by atoms with Gasteiger partial charge in [0.2, 0.25) is 0 Å². The number of nitrogens with one attached hydrogen (secondary N) is 1. The molecule has 0 radical (unpaired) electrons. The number of hydrogen-bond donors (Lipinski definition) is 1. The number of amides is 1. The molecule has 0 unspecified atom stereocenters. The lowest BCUT2D eigenvalue weighted by atomic mass is 10.1. The number of rotatable bonds is 9. The predicted octanol–water partition coefficient (Wildman–Crippen LogP) is 6.18. The van der Waals surface area contributed by atoms with Gasteiger partial charge in [-0.05, 0) is 43.7 Å². The predicted molar refractivity (Wildman–Crippen MR) is 137 cm³/mol. The Morgan fingerprint density at radius 3 is 2.89 bits per heavy atom. The van der Waals surface area contributed by atoms with E-state index in [2.05, 4.69) is 16.9 Å². The summed E-state index contributed by atoms with van der Waals surface area (Å²) in [6.45, 7) is 8.22. The van der Waals surface area contributed by atoms with E-state index in [4.69, 9.17) is 25.7 Å². The summed E-state index contributed by atoms with van der Waals surface area (Å²) in [4.78, 5) is 23.1. The second-order valence-corrected chi connectivity index (χ2v) is 8.12. The number of para-hydroxylation sites is 1. The number of furan rings is 1. The zero-order valence-electron chi connectivity index (χ0n) is 19.5. The van der Waals surface area contributed by atoms with Crippen LogP contribution >= 0.6 is 11.6 Å². The molecule has 35 heavy (non-hydrogen) atoms. The van der Waals surface area contributed by atoms with Gasteiger partial charge in [-0.1, -0.05) is 36.4 Å². The average Bonchev–Trinajstić information content (AvgIpc) is 3.40. The maximum Gasteiger partial charge on any atom is 0.287 e. The minimum Gasteiger partial charge on any atom is -0.487 e. The third kappa shape index (κ3) is 5.36. The molecular weight excluding hydrogens is 464 g/mol. The van der Waals surface area contributed by atoms with Crippen molar-refractivity contribution in [1.29, 1.82) is 0 Å². The summed E-state index contributed by atoms with van der Waals surface area (Å²) in [7, 11) is 0. The number of allylic oxidation sites excluding steroid dienone is 1. The minimum absolute atomic E-state index is 0.178. The van der Waals surface area contributed by atoms with Gasteiger partial charge in [-0.25, -0.2) is 4.98 Å². The fourth-order valence-electron chi connectivity index (χ4n) is 3.69. The maximum absolute atomic E-state index is 12.3. The van der Waals surface area contributed by atoms with Crippen molar-refractivity contribution in [3.8, 4) is 5.75 Å². The van der Waals surface area contributed by atoms with Crippen LogP contribution in [0.25, 0.3) is 10.9 Å². The van der Waals surface area contributed by atoms with Gasteiger partial charge in [0.1, 0.15) is 17.9 Å². The lowest BCUT2D eigenvalue weighted by molar-refractivity contribution is 0.0923. The van der Waals surface area contributed by atoms with Gasteiger partial charge in [-0.3, -0.25) is 9.78 Å². The van der Waals surface area contributed by atoms with E-state index in [-0.39, 0.29) is 24.8 Å². The van der Waals surface area contributed by atoms with Crippen molar-refractivity contribution in [3.05, 3.63) is 108 Å². The molecule has 0 atom stereocenters. The number of fused-ring (bicyclic) bond motifs is 1. The molecule has 0 aliphatic heterocycles. The first-order valence-corrected chi connectivity index (χ1v) is 11.4. The van der Waals surface area contributed by atoms with Gasteiger partial charge in [0.25, 0.3) is 5.91 Å². The van der Waals surface area contributed by atoms with E-state index in [9.17, 15) is 4.79 Å². The molecule has 0 saturated heterocycles. The Morgan fingerprint density at radius 1 is 1.29 bits per heavy atom. The summed E-state index contributed by atoms with van der Waals surface area (Å²) < 4.78 is 11.4. The zero-order chi connectivity index (χ0) is 24.8. The van der Waals surface area contributed by atoms with Crippen LogP contribution in [0.4, 0.5) is 5.69 Å². The van der Waals surface area contributed by atoms with Gasteiger partial charge in [-0.2, -0.15) is 0 Å². The van der Waals surface area contributed by atoms with E-state index in [1.165, 1.54) is 6.26 Å². The number of benzene rings is 1. The van der Waals surface area contributed by atoms with Crippen LogP contribution in [-0.2, 0) is 13.2 Å². The Hall–Kier alpha value is -4.10. The summed E-state index contributed by atoms with van der Waals surface area (Å²) >= 11 is 6.46. The van der Waals surface area contributed by atoms with Crippen LogP contribution in [0.3, 0.4) is 0 Å². The summed E-state index contributed by atoms with van der Waals surface area (Å²) in [5, 5.41) is 4.20. The highest BCUT2D eigenvalue weighted by Gasteiger charge is 2.15. The van der Waals surface area contributed by atoms with E-state index in [0.717, 1.165) is 33.4 Å². The van der Waals surface area contributed by atoms with Gasteiger partial charge >= 0.3 is 0 Å². The first-order chi connectivity index (χ1) is 17.0. The minimum atomic E-state index is -0.323. The molecule has 8 heteroatoms. The van der Waals surface area contributed by atoms with Crippen molar-refractivity contribution in [1.82, 2.24) is 15.3 Å². The molecule has 178 valence electrons. The molecular formula is C27H25ClN4O3. The number of anilines is 1. The fraction of sp³-hybridized carbons (Fsp3) is 0.148. The Kier molecular flexibility index (Phi) is 7.48. The molecule has 7 nitrogen and oxygen atoms in total. The van der Waals surface area contributed by atoms with E-state index in [0.29, 0.717) is 10.8 Å². The monoisotopic (exact) mass is 488 g/mol. The smallest absolute Gasteiger partial charge is 0.287 e. The Balaban J connectivity index is 1.61. The van der Waals surface area contributed by atoms with Crippen molar-refractivity contribution in [2.75, 3.05) is 4.90 Å². The van der Waals surface area contributed by atoms with Crippen LogP contribution in [0.15, 0.2) is 84.5 Å². The van der Waals surface area contributed by atoms with Crippen molar-refractivity contribution in [3.63, 3.8) is 0 Å². The largest absolute Gasteiger partial charge is 0.487 e. The third-order valence-corrected chi connectivity index (χ3v) is 5.67. The molecule has 0 aliphatic carbocycles. The number of halogens is 1. The number of hydrogen-bond acceptors (Lipinski definition) is 6. The third-order valence-electron chi connectivity index (χ3n) is 5.34. The standard InChI is InChI=1S/C27H25ClN4O3/c1-4-11-32(5-2)23-13-18(3)31-26-20(23)8-6-9-24(26)35-17-21-19(14-29-16-22(21)28)15-30-27(33)25-10-7-12-34-25/h4-14,16H,2,15,17H2,1,3H3,(H,30,33)/b11-4-. The molecule has 0 saturated carbocycles. The summed E-state index contributed by atoms with van der Waals surface area (Å²) in [6, 6.07) is 11.1. The molecule has 1 N–H and O–H groups in total. The molecule has 0 spiro atoms. The van der Waals surface area contributed by atoms with E-state index in [1.54, 1.807) is 30.7 Å². The van der Waals surface area contributed by atoms with Crippen LogP contribution in [0.2, 0.25) is 5.02 Å². The Labute approximate surface area is 208 Å². The maximum atomic E-state index is 12.3. The lowest BCUT2D eigenvalue weighted by Gasteiger charge is -2.19. The average molecular weight is 489 g/mol. The topological polar surface area (TPSA) is 80.5 Å². The normalized spacial score (nSPS) is 11.1. The van der Waals surface area contributed by atoms with Crippen molar-refractivity contribution in [2.45, 2.75) is 27.0 Å². The Morgan fingerprint density at radius 2 is 2.14 bits per heavy atom. The highest BCUT2D eigenvalue weighted by molar-refractivity contribution is 6.31. The van der Waals surface area contributed by atoms with Crippen molar-refractivity contribution >= 4 is 34.1 Å². The number of carbonyl (C=O) groups excluding carboxylic acids is 1. The second-order valence-electron chi connectivity index (χ2n) is 7.71. The quantitative estimate of drug-likeness (QED) is 0.303. The van der Waals surface area contributed by atoms with Crippen LogP contribution < -0.4 is 15.0 Å². The molecule has 0 bridgehead atoms. The molecule has 4 rings (SSSR count). The molecule has 3 aromatic heterocycles. The van der Waals surface area contributed by atoms with Crippen LogP contribution in [0.5, 0.6) is 5.75 Å². The van der Waals surface area contributed by atoms with Gasteiger partial charge in [-0.15, -0.1) is 0 Å². The van der Waals surface area contributed by atoms with Crippen molar-refractivity contribution < 1.29 is 13.9 Å². The number of nitrogens with zero attached hydrogens (tertiary/aromatic N) is 3. The van der Waals surface area contributed by atoms with Crippen LogP contribution in [-0.4, -0.2) is 15.9 Å². The fourth-order valence-corrected chi connectivity index (χ4v) is 3.93. The summed E-state index contributed by atoms with van der Waals surface area (Å²) in [5.41, 5.74) is 4.01. The lowest BCUT2D eigenvalue weighted by Crippen LogP contribution is -2.23. The zero-order valence-corrected chi connectivity index (χ0v) is 20.2. The summed E-state index contributed by atoms with van der Waals surface area (Å²) in [6.07, 6.45) is 10.3. The first-order valence-electron chi connectivity index (χ1n) is 11.0. The second kappa shape index (κ2) is 10.9. The molecule has 4 aromatic rings. The molecule has 1 amide bonds. The highest BCUT2D eigenvalue weighted by Crippen LogP contribution is 2.33. The highest BCUT2D eigenvalue weighted by atomic mass is 35.5. The molecule has 0 fully saturated rings. The summed E-state index contributed by atoms with van der Waals surface area (Å²) in [5.74, 6) is 0.531. The van der Waals surface area contributed by atoms with Gasteiger partial charge in [0.15, 0.2) is 5.76 Å².